The summed E-state index contributed by atoms with van der Waals surface area (Å²) in [7, 11) is -4.21. The summed E-state index contributed by atoms with van der Waals surface area (Å²) < 4.78 is 61.5. The first kappa shape index (κ1) is 35.7. The molecule has 1 amide bonds. The summed E-state index contributed by atoms with van der Waals surface area (Å²) in [5.41, 5.74) is 8.50. The highest BCUT2D eigenvalue weighted by molar-refractivity contribution is 7.89. The van der Waals surface area contributed by atoms with Gasteiger partial charge in [-0.2, -0.15) is 0 Å². The predicted molar refractivity (Wildman–Crippen MR) is 166 cm³/mol. The molecule has 0 aliphatic rings. The molecule has 0 radical (unpaired) electrons. The molecule has 0 aliphatic carbocycles. The Morgan fingerprint density at radius 3 is 2.29 bits per heavy atom. The van der Waals surface area contributed by atoms with E-state index in [-0.39, 0.29) is 41.1 Å². The molecule has 0 fully saturated rings. The molecule has 0 saturated heterocycles. The number of aryl methyl sites for hydroxylation is 1. The van der Waals surface area contributed by atoms with Crippen LogP contribution in [-0.2, 0) is 34.1 Å². The second kappa shape index (κ2) is 17.1. The van der Waals surface area contributed by atoms with Gasteiger partial charge in [-0.3, -0.25) is 4.79 Å². The second-order valence-electron chi connectivity index (χ2n) is 10.5. The third-order valence-electron chi connectivity index (χ3n) is 6.86. The van der Waals surface area contributed by atoms with Crippen LogP contribution in [0.5, 0.6) is 0 Å². The van der Waals surface area contributed by atoms with Crippen LogP contribution in [-0.4, -0.2) is 63.8 Å². The van der Waals surface area contributed by atoms with Gasteiger partial charge in [0.25, 0.3) is 5.91 Å². The molecule has 0 spiro atoms. The van der Waals surface area contributed by atoms with E-state index in [1.54, 1.807) is 0 Å². The van der Waals surface area contributed by atoms with E-state index in [2.05, 4.69) is 15.4 Å². The predicted octanol–water partition coefficient (Wildman–Crippen LogP) is 2.82. The van der Waals surface area contributed by atoms with E-state index in [9.17, 15) is 26.8 Å². The van der Waals surface area contributed by atoms with Crippen molar-refractivity contribution in [2.24, 2.45) is 5.73 Å². The standard InChI is InChI=1S/C32H40F2N4O6S/c1-3-8-37-31(40)24-15-25(17-28(16-24)45(42,43)38-9-10-39)32(41)44-30(20-36-19-22-7-5-6-21(4-2)11-22)29(35)14-23-12-26(33)18-27(34)13-23/h5-7,11-13,15-18,29-30,36,38-39H,3-4,8-10,14,19-20,35H2,1-2H3,(H,37,40)/t29-,30+/m0/s1. The number of hydrogen-bond acceptors (Lipinski definition) is 8. The van der Waals surface area contributed by atoms with Crippen LogP contribution in [0.15, 0.2) is 65.6 Å². The van der Waals surface area contributed by atoms with E-state index < -0.39 is 52.3 Å². The van der Waals surface area contributed by atoms with Gasteiger partial charge in [0.15, 0.2) is 0 Å². The lowest BCUT2D eigenvalue weighted by Crippen LogP contribution is -2.46. The number of carbonyl (C=O) groups excluding carboxylic acids is 2. The molecule has 13 heteroatoms. The number of rotatable bonds is 17. The first-order valence-corrected chi connectivity index (χ1v) is 16.2. The Hall–Kier alpha value is -3.75. The van der Waals surface area contributed by atoms with Crippen LogP contribution in [0, 0.1) is 11.6 Å². The SMILES string of the molecule is CCCNC(=O)c1cc(C(=O)O[C@H](CNCc2cccc(CC)c2)[C@@H](N)Cc2cc(F)cc(F)c2)cc(S(=O)(=O)NCCO)c1. The average Bonchev–Trinajstić information content (AvgIpc) is 3.01. The van der Waals surface area contributed by atoms with Crippen molar-refractivity contribution in [3.05, 3.63) is 100 Å². The minimum atomic E-state index is -4.21. The number of esters is 1. The van der Waals surface area contributed by atoms with Crippen molar-refractivity contribution in [3.8, 4) is 0 Å². The quantitative estimate of drug-likeness (QED) is 0.140. The molecular weight excluding hydrogens is 606 g/mol. The molecule has 3 aromatic carbocycles. The Morgan fingerprint density at radius 1 is 0.933 bits per heavy atom. The molecule has 2 atom stereocenters. The largest absolute Gasteiger partial charge is 0.456 e. The van der Waals surface area contributed by atoms with Crippen LogP contribution in [0.2, 0.25) is 0 Å². The Labute approximate surface area is 262 Å². The molecule has 244 valence electrons. The van der Waals surface area contributed by atoms with Gasteiger partial charge in [0, 0.05) is 43.9 Å². The van der Waals surface area contributed by atoms with Crippen molar-refractivity contribution in [3.63, 3.8) is 0 Å². The summed E-state index contributed by atoms with van der Waals surface area (Å²) in [5, 5.41) is 14.9. The summed E-state index contributed by atoms with van der Waals surface area (Å²) in [6.45, 7) is 3.93. The number of amides is 1. The van der Waals surface area contributed by atoms with Crippen LogP contribution in [0.3, 0.4) is 0 Å². The molecule has 3 rings (SSSR count). The topological polar surface area (TPSA) is 160 Å². The lowest BCUT2D eigenvalue weighted by Gasteiger charge is -2.25. The molecule has 0 unspecified atom stereocenters. The minimum Gasteiger partial charge on any atom is -0.456 e. The van der Waals surface area contributed by atoms with Crippen molar-refractivity contribution in [2.45, 2.75) is 56.7 Å². The van der Waals surface area contributed by atoms with Gasteiger partial charge in [-0.15, -0.1) is 0 Å². The van der Waals surface area contributed by atoms with Crippen molar-refractivity contribution >= 4 is 21.9 Å². The Balaban J connectivity index is 1.91. The number of aliphatic hydroxyl groups excluding tert-OH is 1. The van der Waals surface area contributed by atoms with Crippen LogP contribution >= 0.6 is 0 Å². The number of benzene rings is 3. The lowest BCUT2D eigenvalue weighted by atomic mass is 10.0. The lowest BCUT2D eigenvalue weighted by molar-refractivity contribution is 0.0238. The molecule has 0 aromatic heterocycles. The van der Waals surface area contributed by atoms with Gasteiger partial charge in [0.05, 0.1) is 17.1 Å². The Kier molecular flexibility index (Phi) is 13.6. The van der Waals surface area contributed by atoms with Crippen LogP contribution in [0.4, 0.5) is 8.78 Å². The fourth-order valence-corrected chi connectivity index (χ4v) is 5.63. The van der Waals surface area contributed by atoms with E-state index in [1.807, 2.05) is 38.1 Å². The Bertz CT molecular complexity index is 1550. The smallest absolute Gasteiger partial charge is 0.338 e. The van der Waals surface area contributed by atoms with Crippen molar-refractivity contribution in [1.29, 1.82) is 0 Å². The molecular formula is C32H40F2N4O6S. The summed E-state index contributed by atoms with van der Waals surface area (Å²) in [6, 6.07) is 13.4. The molecule has 0 aliphatic heterocycles. The molecule has 0 saturated carbocycles. The highest BCUT2D eigenvalue weighted by Crippen LogP contribution is 2.19. The highest BCUT2D eigenvalue weighted by Gasteiger charge is 2.26. The van der Waals surface area contributed by atoms with Gasteiger partial charge in [-0.1, -0.05) is 38.1 Å². The molecule has 6 N–H and O–H groups in total. The van der Waals surface area contributed by atoms with E-state index in [0.29, 0.717) is 19.5 Å². The number of sulfonamides is 1. The normalized spacial score (nSPS) is 12.8. The van der Waals surface area contributed by atoms with Crippen LogP contribution < -0.4 is 21.1 Å². The van der Waals surface area contributed by atoms with Gasteiger partial charge in [0.2, 0.25) is 10.0 Å². The van der Waals surface area contributed by atoms with Crippen LogP contribution in [0.25, 0.3) is 0 Å². The highest BCUT2D eigenvalue weighted by atomic mass is 32.2. The number of hydrogen-bond donors (Lipinski definition) is 5. The summed E-state index contributed by atoms with van der Waals surface area (Å²) in [4.78, 5) is 25.9. The van der Waals surface area contributed by atoms with Gasteiger partial charge in [-0.25, -0.2) is 26.7 Å². The van der Waals surface area contributed by atoms with Crippen molar-refractivity contribution in [1.82, 2.24) is 15.4 Å². The third kappa shape index (κ3) is 11.0. The second-order valence-corrected chi connectivity index (χ2v) is 12.3. The molecule has 45 heavy (non-hydrogen) atoms. The van der Waals surface area contributed by atoms with Crippen LogP contribution in [0.1, 0.15) is 57.7 Å². The summed E-state index contributed by atoms with van der Waals surface area (Å²) in [6.07, 6.45) is 0.417. The fourth-order valence-electron chi connectivity index (χ4n) is 4.54. The first-order valence-electron chi connectivity index (χ1n) is 14.7. The van der Waals surface area contributed by atoms with Crippen molar-refractivity contribution in [2.75, 3.05) is 26.2 Å². The maximum atomic E-state index is 13.9. The van der Waals surface area contributed by atoms with E-state index >= 15 is 0 Å². The fraction of sp³-hybridized carbons (Fsp3) is 0.375. The van der Waals surface area contributed by atoms with Crippen molar-refractivity contribution < 1.29 is 36.6 Å². The van der Waals surface area contributed by atoms with E-state index in [0.717, 1.165) is 47.9 Å². The van der Waals surface area contributed by atoms with Gasteiger partial charge in [0.1, 0.15) is 17.7 Å². The Morgan fingerprint density at radius 2 is 1.62 bits per heavy atom. The number of nitrogens with one attached hydrogen (secondary N) is 3. The number of carbonyl (C=O) groups is 2. The van der Waals surface area contributed by atoms with E-state index in [1.165, 1.54) is 6.07 Å². The average molecular weight is 647 g/mol. The molecule has 0 bridgehead atoms. The maximum Gasteiger partial charge on any atom is 0.338 e. The van der Waals surface area contributed by atoms with E-state index in [4.69, 9.17) is 15.6 Å². The zero-order chi connectivity index (χ0) is 33.0. The zero-order valence-electron chi connectivity index (χ0n) is 25.3. The van der Waals surface area contributed by atoms with Gasteiger partial charge in [-0.05, 0) is 66.3 Å². The first-order chi connectivity index (χ1) is 21.4. The summed E-state index contributed by atoms with van der Waals surface area (Å²) >= 11 is 0. The monoisotopic (exact) mass is 646 g/mol. The number of halogens is 2. The molecule has 3 aromatic rings. The third-order valence-corrected chi connectivity index (χ3v) is 8.30. The van der Waals surface area contributed by atoms with Gasteiger partial charge < -0.3 is 26.2 Å². The molecule has 10 nitrogen and oxygen atoms in total. The minimum absolute atomic E-state index is 0.0379. The number of ether oxygens (including phenoxy) is 1. The summed E-state index contributed by atoms with van der Waals surface area (Å²) in [5.74, 6) is -3.11. The van der Waals surface area contributed by atoms with Gasteiger partial charge >= 0.3 is 5.97 Å². The zero-order valence-corrected chi connectivity index (χ0v) is 26.1. The maximum absolute atomic E-state index is 13.9. The molecule has 0 heterocycles. The number of aliphatic hydroxyl groups is 1. The number of nitrogens with two attached hydrogens (primary N) is 1.